The molecule has 0 spiro atoms. The van der Waals surface area contributed by atoms with Gasteiger partial charge in [0, 0.05) is 11.4 Å². The minimum atomic E-state index is 0.673. The van der Waals surface area contributed by atoms with Gasteiger partial charge in [-0.05, 0) is 26.9 Å². The standard InChI is InChI=1S/C8H18BrN/c1-4-5-6-10(3)8(2)7-9/h8H,4-7H2,1-3H3. The molecule has 0 aliphatic heterocycles. The highest BCUT2D eigenvalue weighted by molar-refractivity contribution is 9.09. The van der Waals surface area contributed by atoms with Crippen molar-refractivity contribution in [2.75, 3.05) is 18.9 Å². The van der Waals surface area contributed by atoms with Gasteiger partial charge in [-0.3, -0.25) is 0 Å². The first-order valence-corrected chi connectivity index (χ1v) is 5.10. The van der Waals surface area contributed by atoms with E-state index >= 15 is 0 Å². The summed E-state index contributed by atoms with van der Waals surface area (Å²) in [5, 5.41) is 1.08. The Balaban J connectivity index is 3.31. The second kappa shape index (κ2) is 6.17. The molecule has 0 amide bonds. The van der Waals surface area contributed by atoms with E-state index in [1.807, 2.05) is 0 Å². The molecule has 0 aromatic carbocycles. The van der Waals surface area contributed by atoms with Gasteiger partial charge in [-0.2, -0.15) is 0 Å². The molecule has 0 aromatic heterocycles. The highest BCUT2D eigenvalue weighted by Crippen LogP contribution is 2.01. The quantitative estimate of drug-likeness (QED) is 0.627. The molecule has 0 aliphatic carbocycles. The molecule has 0 aliphatic rings. The van der Waals surface area contributed by atoms with Crippen molar-refractivity contribution in [3.8, 4) is 0 Å². The highest BCUT2D eigenvalue weighted by Gasteiger charge is 2.04. The lowest BCUT2D eigenvalue weighted by Gasteiger charge is -2.22. The number of nitrogens with zero attached hydrogens (tertiary/aromatic N) is 1. The summed E-state index contributed by atoms with van der Waals surface area (Å²) >= 11 is 3.47. The summed E-state index contributed by atoms with van der Waals surface area (Å²) in [6.45, 7) is 5.69. The highest BCUT2D eigenvalue weighted by atomic mass is 79.9. The molecule has 1 unspecified atom stereocenters. The third kappa shape index (κ3) is 4.29. The lowest BCUT2D eigenvalue weighted by atomic mass is 10.3. The Bertz CT molecular complexity index is 75.7. The Labute approximate surface area is 72.9 Å². The van der Waals surface area contributed by atoms with E-state index in [0.717, 1.165) is 5.33 Å². The van der Waals surface area contributed by atoms with E-state index in [9.17, 15) is 0 Å². The van der Waals surface area contributed by atoms with Gasteiger partial charge in [0.25, 0.3) is 0 Å². The van der Waals surface area contributed by atoms with Gasteiger partial charge in [-0.1, -0.05) is 29.3 Å². The van der Waals surface area contributed by atoms with Gasteiger partial charge in [0.2, 0.25) is 0 Å². The molecule has 0 N–H and O–H groups in total. The van der Waals surface area contributed by atoms with Crippen LogP contribution in [0.5, 0.6) is 0 Å². The normalized spacial score (nSPS) is 14.1. The molecule has 0 aromatic rings. The van der Waals surface area contributed by atoms with Gasteiger partial charge in [0.05, 0.1) is 0 Å². The molecular formula is C8H18BrN. The van der Waals surface area contributed by atoms with Crippen LogP contribution in [0.15, 0.2) is 0 Å². The van der Waals surface area contributed by atoms with Crippen molar-refractivity contribution in [3.05, 3.63) is 0 Å². The van der Waals surface area contributed by atoms with Crippen LogP contribution in [0.4, 0.5) is 0 Å². The maximum atomic E-state index is 3.47. The first kappa shape index (κ1) is 10.4. The molecular weight excluding hydrogens is 190 g/mol. The Morgan fingerprint density at radius 3 is 2.50 bits per heavy atom. The molecule has 0 radical (unpaired) electrons. The average Bonchev–Trinajstić information content (AvgIpc) is 1.98. The summed E-state index contributed by atoms with van der Waals surface area (Å²) < 4.78 is 0. The van der Waals surface area contributed by atoms with Crippen LogP contribution in [0, 0.1) is 0 Å². The van der Waals surface area contributed by atoms with E-state index in [1.54, 1.807) is 0 Å². The van der Waals surface area contributed by atoms with Crippen LogP contribution in [0.25, 0.3) is 0 Å². The summed E-state index contributed by atoms with van der Waals surface area (Å²) in [6.07, 6.45) is 2.60. The second-order valence-corrected chi connectivity index (χ2v) is 3.48. The number of hydrogen-bond acceptors (Lipinski definition) is 1. The average molecular weight is 208 g/mol. The molecule has 1 atom stereocenters. The molecule has 0 bridgehead atoms. The van der Waals surface area contributed by atoms with E-state index in [0.29, 0.717) is 6.04 Å². The topological polar surface area (TPSA) is 3.24 Å². The number of halogens is 1. The number of alkyl halides is 1. The van der Waals surface area contributed by atoms with Crippen LogP contribution >= 0.6 is 15.9 Å². The van der Waals surface area contributed by atoms with Crippen molar-refractivity contribution in [3.63, 3.8) is 0 Å². The molecule has 0 saturated carbocycles. The first-order valence-electron chi connectivity index (χ1n) is 3.98. The zero-order chi connectivity index (χ0) is 7.98. The molecule has 0 saturated heterocycles. The fourth-order valence-corrected chi connectivity index (χ4v) is 1.24. The minimum absolute atomic E-state index is 0.673. The fraction of sp³-hybridized carbons (Fsp3) is 1.00. The summed E-state index contributed by atoms with van der Waals surface area (Å²) in [4.78, 5) is 2.39. The maximum Gasteiger partial charge on any atom is 0.0185 e. The van der Waals surface area contributed by atoms with Crippen molar-refractivity contribution in [1.82, 2.24) is 4.90 Å². The largest absolute Gasteiger partial charge is 0.303 e. The molecule has 0 heterocycles. The van der Waals surface area contributed by atoms with Crippen molar-refractivity contribution < 1.29 is 0 Å². The van der Waals surface area contributed by atoms with Gasteiger partial charge in [-0.25, -0.2) is 0 Å². The summed E-state index contributed by atoms with van der Waals surface area (Å²) in [5.74, 6) is 0. The molecule has 2 heteroatoms. The Hall–Kier alpha value is 0.440. The van der Waals surface area contributed by atoms with Gasteiger partial charge < -0.3 is 4.90 Å². The monoisotopic (exact) mass is 207 g/mol. The van der Waals surface area contributed by atoms with Gasteiger partial charge in [0.1, 0.15) is 0 Å². The van der Waals surface area contributed by atoms with Crippen LogP contribution in [0.2, 0.25) is 0 Å². The van der Waals surface area contributed by atoms with E-state index in [4.69, 9.17) is 0 Å². The Morgan fingerprint density at radius 2 is 2.10 bits per heavy atom. The number of hydrogen-bond donors (Lipinski definition) is 0. The number of unbranched alkanes of at least 4 members (excludes halogenated alkanes) is 1. The molecule has 62 valence electrons. The van der Waals surface area contributed by atoms with Gasteiger partial charge >= 0.3 is 0 Å². The van der Waals surface area contributed by atoms with E-state index in [-0.39, 0.29) is 0 Å². The molecule has 1 nitrogen and oxygen atoms in total. The van der Waals surface area contributed by atoms with Crippen LogP contribution < -0.4 is 0 Å². The third-order valence-electron chi connectivity index (χ3n) is 1.84. The number of rotatable bonds is 5. The maximum absolute atomic E-state index is 3.47. The molecule has 10 heavy (non-hydrogen) atoms. The second-order valence-electron chi connectivity index (χ2n) is 2.84. The Kier molecular flexibility index (Phi) is 6.44. The summed E-state index contributed by atoms with van der Waals surface area (Å²) in [7, 11) is 2.18. The van der Waals surface area contributed by atoms with Gasteiger partial charge in [0.15, 0.2) is 0 Å². The SMILES string of the molecule is CCCCN(C)C(C)CBr. The van der Waals surface area contributed by atoms with Crippen LogP contribution in [-0.2, 0) is 0 Å². The summed E-state index contributed by atoms with van der Waals surface area (Å²) in [5.41, 5.74) is 0. The lowest BCUT2D eigenvalue weighted by Crippen LogP contribution is -2.30. The first-order chi connectivity index (χ1) is 4.72. The smallest absolute Gasteiger partial charge is 0.0185 e. The van der Waals surface area contributed by atoms with Crippen LogP contribution in [0.3, 0.4) is 0 Å². The fourth-order valence-electron chi connectivity index (χ4n) is 0.746. The van der Waals surface area contributed by atoms with Crippen LogP contribution in [-0.4, -0.2) is 29.9 Å². The predicted molar refractivity (Wildman–Crippen MR) is 50.8 cm³/mol. The van der Waals surface area contributed by atoms with Crippen molar-refractivity contribution >= 4 is 15.9 Å². The van der Waals surface area contributed by atoms with Crippen molar-refractivity contribution in [1.29, 1.82) is 0 Å². The van der Waals surface area contributed by atoms with Crippen molar-refractivity contribution in [2.45, 2.75) is 32.7 Å². The van der Waals surface area contributed by atoms with Crippen LogP contribution in [0.1, 0.15) is 26.7 Å². The predicted octanol–water partition coefficient (Wildman–Crippen LogP) is 2.50. The molecule has 0 rings (SSSR count). The van der Waals surface area contributed by atoms with E-state index in [2.05, 4.69) is 41.7 Å². The van der Waals surface area contributed by atoms with Gasteiger partial charge in [-0.15, -0.1) is 0 Å². The zero-order valence-corrected chi connectivity index (χ0v) is 8.82. The molecule has 0 fully saturated rings. The van der Waals surface area contributed by atoms with Crippen molar-refractivity contribution in [2.24, 2.45) is 0 Å². The lowest BCUT2D eigenvalue weighted by molar-refractivity contribution is 0.274. The van der Waals surface area contributed by atoms with E-state index < -0.39 is 0 Å². The Morgan fingerprint density at radius 1 is 1.50 bits per heavy atom. The van der Waals surface area contributed by atoms with E-state index in [1.165, 1.54) is 19.4 Å². The zero-order valence-electron chi connectivity index (χ0n) is 7.23. The third-order valence-corrected chi connectivity index (χ3v) is 2.78. The summed E-state index contributed by atoms with van der Waals surface area (Å²) in [6, 6.07) is 0.673. The minimum Gasteiger partial charge on any atom is -0.303 e.